The Morgan fingerprint density at radius 3 is 2.24 bits per heavy atom. The Morgan fingerprint density at radius 2 is 1.67 bits per heavy atom. The van der Waals surface area contributed by atoms with Crippen LogP contribution in [0, 0.1) is 17.3 Å². The molecule has 2 N–H and O–H groups in total. The van der Waals surface area contributed by atoms with Crippen LogP contribution in [-0.4, -0.2) is 47.9 Å². The van der Waals surface area contributed by atoms with E-state index in [0.29, 0.717) is 25.6 Å². The Hall–Kier alpha value is -1.52. The summed E-state index contributed by atoms with van der Waals surface area (Å²) < 4.78 is 0. The minimum absolute atomic E-state index is 0.0457. The van der Waals surface area contributed by atoms with Gasteiger partial charge in [0, 0.05) is 26.2 Å². The van der Waals surface area contributed by atoms with Gasteiger partial charge in [0.2, 0.25) is 5.91 Å². The third kappa shape index (κ3) is 3.22. The first-order valence-electron chi connectivity index (χ1n) is 7.73. The molecule has 0 bridgehead atoms. The molecule has 1 saturated heterocycles. The molecule has 1 saturated carbocycles. The fraction of sp³-hybridized carbons (Fsp3) is 0.750. The first-order valence-corrected chi connectivity index (χ1v) is 7.73. The van der Waals surface area contributed by atoms with E-state index in [4.69, 9.17) is 5.73 Å². The fourth-order valence-corrected chi connectivity index (χ4v) is 3.37. The molecule has 5 nitrogen and oxygen atoms in total. The molecule has 2 aliphatic rings. The van der Waals surface area contributed by atoms with E-state index in [1.165, 1.54) is 5.57 Å². The average molecular weight is 293 g/mol. The molecule has 2 rings (SSSR count). The second-order valence-corrected chi connectivity index (χ2v) is 7.07. The monoisotopic (exact) mass is 293 g/mol. The van der Waals surface area contributed by atoms with Gasteiger partial charge in [-0.15, -0.1) is 0 Å². The number of carbonyl (C=O) groups excluding carboxylic acids is 2. The largest absolute Gasteiger partial charge is 0.351 e. The molecule has 0 aromatic carbocycles. The lowest BCUT2D eigenvalue weighted by Crippen LogP contribution is -2.40. The van der Waals surface area contributed by atoms with Gasteiger partial charge in [-0.05, 0) is 31.6 Å². The van der Waals surface area contributed by atoms with Crippen molar-refractivity contribution in [1.29, 1.82) is 0 Å². The zero-order valence-corrected chi connectivity index (χ0v) is 13.6. The number of hydrogen-bond donors (Lipinski definition) is 1. The van der Waals surface area contributed by atoms with E-state index in [1.54, 1.807) is 4.90 Å². The summed E-state index contributed by atoms with van der Waals surface area (Å²) in [5.41, 5.74) is 6.63. The molecule has 2 unspecified atom stereocenters. The van der Waals surface area contributed by atoms with Crippen molar-refractivity contribution in [3.8, 4) is 0 Å². The molecule has 0 aromatic heterocycles. The Morgan fingerprint density at radius 1 is 1.10 bits per heavy atom. The summed E-state index contributed by atoms with van der Waals surface area (Å²) in [6.07, 6.45) is 3.02. The molecule has 1 heterocycles. The number of rotatable bonds is 2. The molecule has 118 valence electrons. The Bertz CT molecular complexity index is 466. The van der Waals surface area contributed by atoms with Gasteiger partial charge in [0.1, 0.15) is 0 Å². The number of primary amides is 1. The SMILES string of the molecule is CC(C)=CC1C(C(=O)N2CCCN(C(N)=O)CC2)C1(C)C. The molecule has 1 aliphatic carbocycles. The van der Waals surface area contributed by atoms with E-state index in [0.717, 1.165) is 13.0 Å². The van der Waals surface area contributed by atoms with E-state index in [2.05, 4.69) is 33.8 Å². The van der Waals surface area contributed by atoms with Crippen LogP contribution in [0.15, 0.2) is 11.6 Å². The third-order valence-electron chi connectivity index (χ3n) is 4.81. The predicted octanol–water partition coefficient (Wildman–Crippen LogP) is 1.84. The highest BCUT2D eigenvalue weighted by atomic mass is 16.2. The molecule has 5 heteroatoms. The van der Waals surface area contributed by atoms with Crippen molar-refractivity contribution < 1.29 is 9.59 Å². The maximum atomic E-state index is 12.8. The average Bonchev–Trinajstić information content (AvgIpc) is 2.99. The van der Waals surface area contributed by atoms with E-state index >= 15 is 0 Å². The van der Waals surface area contributed by atoms with Gasteiger partial charge in [0.15, 0.2) is 0 Å². The van der Waals surface area contributed by atoms with Gasteiger partial charge in [-0.25, -0.2) is 4.79 Å². The molecule has 1 aliphatic heterocycles. The van der Waals surface area contributed by atoms with Crippen molar-refractivity contribution in [2.45, 2.75) is 34.1 Å². The quantitative estimate of drug-likeness (QED) is 0.789. The van der Waals surface area contributed by atoms with Crippen LogP contribution in [0.2, 0.25) is 0 Å². The number of nitrogens with zero attached hydrogens (tertiary/aromatic N) is 2. The number of carbonyl (C=O) groups is 2. The molecule has 3 amide bonds. The summed E-state index contributed by atoms with van der Waals surface area (Å²) in [4.78, 5) is 27.5. The summed E-state index contributed by atoms with van der Waals surface area (Å²) in [6, 6.07) is -0.390. The summed E-state index contributed by atoms with van der Waals surface area (Å²) in [7, 11) is 0. The van der Waals surface area contributed by atoms with E-state index in [9.17, 15) is 9.59 Å². The normalized spacial score (nSPS) is 27.8. The van der Waals surface area contributed by atoms with Gasteiger partial charge >= 0.3 is 6.03 Å². The highest BCUT2D eigenvalue weighted by Crippen LogP contribution is 2.60. The number of amides is 3. The number of urea groups is 1. The van der Waals surface area contributed by atoms with Crippen molar-refractivity contribution >= 4 is 11.9 Å². The molecule has 0 spiro atoms. The van der Waals surface area contributed by atoms with Crippen LogP contribution in [0.4, 0.5) is 4.79 Å². The minimum atomic E-state index is -0.390. The van der Waals surface area contributed by atoms with Crippen molar-refractivity contribution in [2.24, 2.45) is 23.0 Å². The summed E-state index contributed by atoms with van der Waals surface area (Å²) in [5, 5.41) is 0. The standard InChI is InChI=1S/C16H27N3O2/c1-11(2)10-12-13(16(12,3)4)14(20)18-6-5-7-19(9-8-18)15(17)21/h10,12-13H,5-9H2,1-4H3,(H2,17,21). The molecule has 0 radical (unpaired) electrons. The maximum absolute atomic E-state index is 12.8. The lowest BCUT2D eigenvalue weighted by Gasteiger charge is -2.22. The van der Waals surface area contributed by atoms with Gasteiger partial charge in [-0.3, -0.25) is 4.79 Å². The molecular formula is C16H27N3O2. The molecule has 2 fully saturated rings. The van der Waals surface area contributed by atoms with Crippen LogP contribution >= 0.6 is 0 Å². The van der Waals surface area contributed by atoms with E-state index < -0.39 is 6.03 Å². The smallest absolute Gasteiger partial charge is 0.314 e. The Balaban J connectivity index is 2.01. The lowest BCUT2D eigenvalue weighted by atomic mass is 10.1. The predicted molar refractivity (Wildman–Crippen MR) is 82.5 cm³/mol. The lowest BCUT2D eigenvalue weighted by molar-refractivity contribution is -0.133. The first-order chi connectivity index (χ1) is 9.75. The van der Waals surface area contributed by atoms with Gasteiger partial charge in [0.05, 0.1) is 5.92 Å². The second kappa shape index (κ2) is 5.70. The first kappa shape index (κ1) is 15.9. The van der Waals surface area contributed by atoms with Gasteiger partial charge < -0.3 is 15.5 Å². The van der Waals surface area contributed by atoms with Crippen LogP contribution in [0.5, 0.6) is 0 Å². The van der Waals surface area contributed by atoms with Crippen LogP contribution in [-0.2, 0) is 4.79 Å². The number of hydrogen-bond acceptors (Lipinski definition) is 2. The third-order valence-corrected chi connectivity index (χ3v) is 4.81. The van der Waals surface area contributed by atoms with Crippen molar-refractivity contribution in [3.05, 3.63) is 11.6 Å². The highest BCUT2D eigenvalue weighted by Gasteiger charge is 2.61. The van der Waals surface area contributed by atoms with Crippen molar-refractivity contribution in [1.82, 2.24) is 9.80 Å². The van der Waals surface area contributed by atoms with Crippen LogP contribution in [0.3, 0.4) is 0 Å². The number of nitrogens with two attached hydrogens (primary N) is 1. The number of allylic oxidation sites excluding steroid dienone is 2. The zero-order chi connectivity index (χ0) is 15.8. The maximum Gasteiger partial charge on any atom is 0.314 e. The molecule has 0 aromatic rings. The van der Waals surface area contributed by atoms with Gasteiger partial charge in [-0.2, -0.15) is 0 Å². The van der Waals surface area contributed by atoms with Crippen molar-refractivity contribution in [2.75, 3.05) is 26.2 Å². The molecular weight excluding hydrogens is 266 g/mol. The van der Waals surface area contributed by atoms with Gasteiger partial charge in [0.25, 0.3) is 0 Å². The van der Waals surface area contributed by atoms with Gasteiger partial charge in [-0.1, -0.05) is 25.5 Å². The van der Waals surface area contributed by atoms with Crippen LogP contribution in [0.25, 0.3) is 0 Å². The molecule has 21 heavy (non-hydrogen) atoms. The van der Waals surface area contributed by atoms with Crippen molar-refractivity contribution in [3.63, 3.8) is 0 Å². The topological polar surface area (TPSA) is 66.6 Å². The fourth-order valence-electron chi connectivity index (χ4n) is 3.37. The summed E-state index contributed by atoms with van der Waals surface area (Å²) >= 11 is 0. The Kier molecular flexibility index (Phi) is 4.30. The second-order valence-electron chi connectivity index (χ2n) is 7.07. The van der Waals surface area contributed by atoms with Crippen LogP contribution < -0.4 is 5.73 Å². The summed E-state index contributed by atoms with van der Waals surface area (Å²) in [6.45, 7) is 11.0. The summed E-state index contributed by atoms with van der Waals surface area (Å²) in [5.74, 6) is 0.645. The highest BCUT2D eigenvalue weighted by molar-refractivity contribution is 5.84. The van der Waals surface area contributed by atoms with Crippen LogP contribution in [0.1, 0.15) is 34.1 Å². The molecule has 2 atom stereocenters. The van der Waals surface area contributed by atoms with E-state index in [1.807, 2.05) is 4.90 Å². The zero-order valence-electron chi connectivity index (χ0n) is 13.6. The van der Waals surface area contributed by atoms with E-state index in [-0.39, 0.29) is 17.2 Å². The Labute approximate surface area is 127 Å². The minimum Gasteiger partial charge on any atom is -0.351 e.